The molecule has 126 valence electrons. The van der Waals surface area contributed by atoms with Crippen LogP contribution in [0.2, 0.25) is 0 Å². The summed E-state index contributed by atoms with van der Waals surface area (Å²) in [6.45, 7) is 4.61. The van der Waals surface area contributed by atoms with Gasteiger partial charge in [0.25, 0.3) is 0 Å². The van der Waals surface area contributed by atoms with Crippen LogP contribution in [0.5, 0.6) is 0 Å². The van der Waals surface area contributed by atoms with Crippen molar-refractivity contribution in [1.82, 2.24) is 10.2 Å². The number of carbonyl (C=O) groups excluding carboxylic acids is 1. The van der Waals surface area contributed by atoms with E-state index in [4.69, 9.17) is 10.5 Å². The van der Waals surface area contributed by atoms with E-state index in [1.165, 1.54) is 0 Å². The van der Waals surface area contributed by atoms with Gasteiger partial charge in [0, 0.05) is 32.7 Å². The largest absolute Gasteiger partial charge is 0.383 e. The molecule has 0 radical (unpaired) electrons. The molecule has 0 bridgehead atoms. The first-order valence-electron chi connectivity index (χ1n) is 7.99. The van der Waals surface area contributed by atoms with Gasteiger partial charge in [-0.2, -0.15) is 0 Å². The summed E-state index contributed by atoms with van der Waals surface area (Å²) in [6.07, 6.45) is 1.64. The van der Waals surface area contributed by atoms with E-state index in [1.807, 2.05) is 30.0 Å². The lowest BCUT2D eigenvalue weighted by Crippen LogP contribution is -2.40. The Morgan fingerprint density at radius 1 is 1.48 bits per heavy atom. The third kappa shape index (κ3) is 5.56. The van der Waals surface area contributed by atoms with Gasteiger partial charge in [-0.3, -0.25) is 4.79 Å². The zero-order chi connectivity index (χ0) is 16.7. The van der Waals surface area contributed by atoms with E-state index in [0.717, 1.165) is 24.1 Å². The van der Waals surface area contributed by atoms with E-state index >= 15 is 0 Å². The molecule has 23 heavy (non-hydrogen) atoms. The quantitative estimate of drug-likeness (QED) is 0.586. The first kappa shape index (κ1) is 17.3. The van der Waals surface area contributed by atoms with Crippen molar-refractivity contribution in [3.05, 3.63) is 35.4 Å². The van der Waals surface area contributed by atoms with E-state index in [0.29, 0.717) is 32.1 Å². The molecule has 0 aliphatic carbocycles. The van der Waals surface area contributed by atoms with Gasteiger partial charge in [-0.15, -0.1) is 0 Å². The van der Waals surface area contributed by atoms with Crippen LogP contribution in [0.4, 0.5) is 0 Å². The topological polar surface area (TPSA) is 80.0 Å². The summed E-state index contributed by atoms with van der Waals surface area (Å²) >= 11 is 0. The SMILES string of the molecule is COCC(C)NC(N)=NCc1cccc(CN2CCCC2=O)c1. The maximum absolute atomic E-state index is 11.7. The Morgan fingerprint density at radius 3 is 2.96 bits per heavy atom. The van der Waals surface area contributed by atoms with Crippen molar-refractivity contribution in [3.8, 4) is 0 Å². The second-order valence-electron chi connectivity index (χ2n) is 5.94. The van der Waals surface area contributed by atoms with Gasteiger partial charge in [0.1, 0.15) is 0 Å². The lowest BCUT2D eigenvalue weighted by Gasteiger charge is -2.16. The number of hydrogen-bond donors (Lipinski definition) is 2. The molecule has 1 aliphatic heterocycles. The number of amides is 1. The number of likely N-dealkylation sites (tertiary alicyclic amines) is 1. The van der Waals surface area contributed by atoms with Gasteiger partial charge in [0.15, 0.2) is 5.96 Å². The van der Waals surface area contributed by atoms with Gasteiger partial charge in [0.2, 0.25) is 5.91 Å². The normalized spacial score (nSPS) is 16.7. The Balaban J connectivity index is 1.90. The van der Waals surface area contributed by atoms with Crippen LogP contribution in [-0.2, 0) is 22.6 Å². The Hall–Kier alpha value is -2.08. The average Bonchev–Trinajstić information content (AvgIpc) is 2.91. The fourth-order valence-corrected chi connectivity index (χ4v) is 2.68. The van der Waals surface area contributed by atoms with E-state index in [2.05, 4.69) is 16.4 Å². The van der Waals surface area contributed by atoms with Crippen molar-refractivity contribution < 1.29 is 9.53 Å². The summed E-state index contributed by atoms with van der Waals surface area (Å²) in [6, 6.07) is 8.27. The minimum Gasteiger partial charge on any atom is -0.383 e. The number of nitrogens with zero attached hydrogens (tertiary/aromatic N) is 2. The smallest absolute Gasteiger partial charge is 0.222 e. The third-order valence-electron chi connectivity index (χ3n) is 3.78. The van der Waals surface area contributed by atoms with Crippen molar-refractivity contribution in [2.45, 2.75) is 38.9 Å². The van der Waals surface area contributed by atoms with Gasteiger partial charge in [0.05, 0.1) is 13.2 Å². The van der Waals surface area contributed by atoms with Crippen LogP contribution in [0, 0.1) is 0 Å². The molecule has 1 aliphatic rings. The molecule has 2 rings (SSSR count). The van der Waals surface area contributed by atoms with Crippen molar-refractivity contribution in [2.75, 3.05) is 20.3 Å². The second kappa shape index (κ2) is 8.53. The lowest BCUT2D eigenvalue weighted by atomic mass is 10.1. The van der Waals surface area contributed by atoms with Gasteiger partial charge < -0.3 is 20.7 Å². The van der Waals surface area contributed by atoms with Gasteiger partial charge in [-0.05, 0) is 24.5 Å². The molecule has 1 aromatic carbocycles. The molecule has 1 aromatic rings. The van der Waals surface area contributed by atoms with Crippen molar-refractivity contribution in [1.29, 1.82) is 0 Å². The summed E-state index contributed by atoms with van der Waals surface area (Å²) in [5.74, 6) is 0.656. The van der Waals surface area contributed by atoms with Crippen LogP contribution < -0.4 is 11.1 Å². The molecule has 1 fully saturated rings. The molecule has 6 heteroatoms. The second-order valence-corrected chi connectivity index (χ2v) is 5.94. The number of nitrogens with two attached hydrogens (primary N) is 1. The fourth-order valence-electron chi connectivity index (χ4n) is 2.68. The predicted molar refractivity (Wildman–Crippen MR) is 90.9 cm³/mol. The number of carbonyl (C=O) groups is 1. The molecule has 1 amide bonds. The molecule has 0 aromatic heterocycles. The number of methoxy groups -OCH3 is 1. The number of aliphatic imine (C=N–C) groups is 1. The Kier molecular flexibility index (Phi) is 6.40. The highest BCUT2D eigenvalue weighted by molar-refractivity contribution is 5.78. The zero-order valence-electron chi connectivity index (χ0n) is 13.9. The zero-order valence-corrected chi connectivity index (χ0v) is 13.9. The molecular weight excluding hydrogens is 292 g/mol. The minimum atomic E-state index is 0.122. The minimum absolute atomic E-state index is 0.122. The summed E-state index contributed by atoms with van der Waals surface area (Å²) < 4.78 is 5.05. The lowest BCUT2D eigenvalue weighted by molar-refractivity contribution is -0.128. The predicted octanol–water partition coefficient (Wildman–Crippen LogP) is 1.25. The maximum Gasteiger partial charge on any atom is 0.222 e. The Morgan fingerprint density at radius 2 is 2.26 bits per heavy atom. The van der Waals surface area contributed by atoms with E-state index in [1.54, 1.807) is 7.11 Å². The average molecular weight is 318 g/mol. The summed E-state index contributed by atoms with van der Waals surface area (Å²) in [7, 11) is 1.65. The number of guanidine groups is 1. The van der Waals surface area contributed by atoms with Gasteiger partial charge in [-0.25, -0.2) is 4.99 Å². The van der Waals surface area contributed by atoms with Crippen molar-refractivity contribution in [2.24, 2.45) is 10.7 Å². The standard InChI is InChI=1S/C17H26N4O2/c1-13(12-23-2)20-17(18)19-10-14-5-3-6-15(9-14)11-21-8-4-7-16(21)22/h3,5-6,9,13H,4,7-8,10-12H2,1-2H3,(H3,18,19,20). The molecule has 6 nitrogen and oxygen atoms in total. The van der Waals surface area contributed by atoms with Crippen LogP contribution in [0.15, 0.2) is 29.3 Å². The van der Waals surface area contributed by atoms with Gasteiger partial charge in [-0.1, -0.05) is 24.3 Å². The van der Waals surface area contributed by atoms with Crippen LogP contribution in [0.1, 0.15) is 30.9 Å². The van der Waals surface area contributed by atoms with Crippen molar-refractivity contribution >= 4 is 11.9 Å². The van der Waals surface area contributed by atoms with Crippen LogP contribution in [0.25, 0.3) is 0 Å². The van der Waals surface area contributed by atoms with E-state index < -0.39 is 0 Å². The summed E-state index contributed by atoms with van der Waals surface area (Å²) in [4.78, 5) is 18.0. The van der Waals surface area contributed by atoms with Crippen LogP contribution in [-0.4, -0.2) is 43.1 Å². The van der Waals surface area contributed by atoms with Crippen molar-refractivity contribution in [3.63, 3.8) is 0 Å². The number of nitrogens with one attached hydrogen (secondary N) is 1. The highest BCUT2D eigenvalue weighted by Gasteiger charge is 2.19. The molecule has 0 saturated carbocycles. The summed E-state index contributed by atoms with van der Waals surface area (Å²) in [5, 5.41) is 3.08. The molecule has 1 unspecified atom stereocenters. The molecule has 1 saturated heterocycles. The molecule has 0 spiro atoms. The molecule has 3 N–H and O–H groups in total. The fraction of sp³-hybridized carbons (Fsp3) is 0.529. The number of rotatable bonds is 7. The molecular formula is C17H26N4O2. The van der Waals surface area contributed by atoms with Crippen LogP contribution in [0.3, 0.4) is 0 Å². The summed E-state index contributed by atoms with van der Waals surface area (Å²) in [5.41, 5.74) is 8.08. The highest BCUT2D eigenvalue weighted by Crippen LogP contribution is 2.15. The molecule has 1 atom stereocenters. The first-order valence-corrected chi connectivity index (χ1v) is 7.99. The maximum atomic E-state index is 11.7. The van der Waals surface area contributed by atoms with E-state index in [9.17, 15) is 4.79 Å². The highest BCUT2D eigenvalue weighted by atomic mass is 16.5. The number of benzene rings is 1. The van der Waals surface area contributed by atoms with Crippen LogP contribution >= 0.6 is 0 Å². The number of ether oxygens (including phenoxy) is 1. The number of hydrogen-bond acceptors (Lipinski definition) is 3. The Labute approximate surface area is 137 Å². The first-order chi connectivity index (χ1) is 11.1. The van der Waals surface area contributed by atoms with E-state index in [-0.39, 0.29) is 11.9 Å². The Bertz CT molecular complexity index is 559. The molecule has 1 heterocycles. The monoisotopic (exact) mass is 318 g/mol. The third-order valence-corrected chi connectivity index (χ3v) is 3.78. The van der Waals surface area contributed by atoms with Gasteiger partial charge >= 0.3 is 0 Å².